The van der Waals surface area contributed by atoms with Crippen LogP contribution in [0.5, 0.6) is 11.6 Å². The van der Waals surface area contributed by atoms with E-state index in [0.717, 1.165) is 5.57 Å². The minimum absolute atomic E-state index is 0.142. The van der Waals surface area contributed by atoms with Crippen LogP contribution in [0.2, 0.25) is 0 Å². The van der Waals surface area contributed by atoms with Crippen LogP contribution in [-0.2, 0) is 6.42 Å². The Kier molecular flexibility index (Phi) is 6.54. The van der Waals surface area contributed by atoms with E-state index in [4.69, 9.17) is 9.47 Å². The average Bonchev–Trinajstić information content (AvgIpc) is 2.64. The number of carboxylic acids is 1. The number of rotatable bonds is 7. The minimum Gasteiger partial charge on any atom is -0.495 e. The molecule has 7 nitrogen and oxygen atoms in total. The van der Waals surface area contributed by atoms with Crippen LogP contribution in [0, 0.1) is 0 Å². The summed E-state index contributed by atoms with van der Waals surface area (Å²) in [4.78, 5) is 31.5. The molecule has 2 rings (SSSR count). The largest absolute Gasteiger partial charge is 0.495 e. The number of nitrogens with zero attached hydrogens (tertiary/aromatic N) is 1. The van der Waals surface area contributed by atoms with Crippen LogP contribution < -0.4 is 14.9 Å². The van der Waals surface area contributed by atoms with Crippen molar-refractivity contribution in [2.45, 2.75) is 20.3 Å². The molecular formula is C20H22N2O5. The second kappa shape index (κ2) is 8.84. The molecule has 0 aromatic carbocycles. The number of aromatic amines is 1. The highest BCUT2D eigenvalue weighted by atomic mass is 16.5. The summed E-state index contributed by atoms with van der Waals surface area (Å²) in [7, 11) is 2.97. The predicted octanol–water partition coefficient (Wildman–Crippen LogP) is 3.16. The maximum atomic E-state index is 12.7. The molecule has 0 spiro atoms. The van der Waals surface area contributed by atoms with Gasteiger partial charge in [-0.15, -0.1) is 0 Å². The van der Waals surface area contributed by atoms with Crippen LogP contribution in [0.15, 0.2) is 34.8 Å². The number of allylic oxidation sites excluding steroid dienone is 2. The third-order valence-corrected chi connectivity index (χ3v) is 3.84. The fourth-order valence-corrected chi connectivity index (χ4v) is 2.42. The first-order chi connectivity index (χ1) is 12.9. The number of aromatic nitrogens is 2. The molecule has 2 aromatic heterocycles. The normalized spacial score (nSPS) is 10.7. The third-order valence-electron chi connectivity index (χ3n) is 3.84. The van der Waals surface area contributed by atoms with Crippen LogP contribution in [0.3, 0.4) is 0 Å². The van der Waals surface area contributed by atoms with E-state index >= 15 is 0 Å². The lowest BCUT2D eigenvalue weighted by Crippen LogP contribution is -2.22. The van der Waals surface area contributed by atoms with Gasteiger partial charge in [-0.1, -0.05) is 11.6 Å². The smallest absolute Gasteiger partial charge is 0.341 e. The van der Waals surface area contributed by atoms with Crippen molar-refractivity contribution in [2.24, 2.45) is 0 Å². The molecule has 0 aliphatic carbocycles. The predicted molar refractivity (Wildman–Crippen MR) is 103 cm³/mol. The van der Waals surface area contributed by atoms with Gasteiger partial charge in [-0.05, 0) is 44.6 Å². The highest BCUT2D eigenvalue weighted by Crippen LogP contribution is 2.19. The first kappa shape index (κ1) is 20.0. The van der Waals surface area contributed by atoms with Crippen molar-refractivity contribution in [2.75, 3.05) is 14.2 Å². The number of H-pyrrole nitrogens is 1. The van der Waals surface area contributed by atoms with Crippen molar-refractivity contribution in [1.29, 1.82) is 0 Å². The molecule has 0 radical (unpaired) electrons. The number of carbonyl (C=O) groups is 1. The summed E-state index contributed by atoms with van der Waals surface area (Å²) >= 11 is 0. The van der Waals surface area contributed by atoms with Gasteiger partial charge in [0, 0.05) is 0 Å². The molecular weight excluding hydrogens is 348 g/mol. The number of pyridine rings is 2. The highest BCUT2D eigenvalue weighted by molar-refractivity contribution is 5.92. The first-order valence-corrected chi connectivity index (χ1v) is 8.25. The van der Waals surface area contributed by atoms with Crippen LogP contribution in [0.25, 0.3) is 12.2 Å². The lowest BCUT2D eigenvalue weighted by atomic mass is 10.0. The Hall–Kier alpha value is -3.35. The van der Waals surface area contributed by atoms with E-state index in [-0.39, 0.29) is 29.1 Å². The minimum atomic E-state index is -1.31. The molecule has 0 bridgehead atoms. The number of carboxylic acid groups (broad SMARTS) is 1. The molecule has 0 saturated heterocycles. The zero-order valence-corrected chi connectivity index (χ0v) is 15.7. The summed E-state index contributed by atoms with van der Waals surface area (Å²) in [6, 6.07) is 3.45. The molecule has 142 valence electrons. The number of hydrogen-bond acceptors (Lipinski definition) is 5. The van der Waals surface area contributed by atoms with Crippen LogP contribution in [0.1, 0.15) is 41.2 Å². The maximum Gasteiger partial charge on any atom is 0.341 e. The number of methoxy groups -OCH3 is 2. The fraction of sp³-hybridized carbons (Fsp3) is 0.250. The van der Waals surface area contributed by atoms with Crippen molar-refractivity contribution in [3.8, 4) is 11.6 Å². The molecule has 0 atom stereocenters. The zero-order chi connectivity index (χ0) is 20.0. The second-order valence-corrected chi connectivity index (χ2v) is 6.00. The van der Waals surface area contributed by atoms with Gasteiger partial charge < -0.3 is 19.6 Å². The van der Waals surface area contributed by atoms with Crippen LogP contribution in [-0.4, -0.2) is 35.3 Å². The quantitative estimate of drug-likeness (QED) is 0.726. The van der Waals surface area contributed by atoms with Gasteiger partial charge in [0.05, 0.1) is 37.4 Å². The van der Waals surface area contributed by atoms with Crippen molar-refractivity contribution < 1.29 is 19.4 Å². The number of ether oxygens (including phenoxy) is 2. The summed E-state index contributed by atoms with van der Waals surface area (Å²) < 4.78 is 10.3. The number of nitrogens with one attached hydrogen (secondary N) is 1. The molecule has 27 heavy (non-hydrogen) atoms. The van der Waals surface area contributed by atoms with E-state index in [0.29, 0.717) is 11.4 Å². The average molecular weight is 370 g/mol. The maximum absolute atomic E-state index is 12.7. The summed E-state index contributed by atoms with van der Waals surface area (Å²) in [6.07, 6.45) is 6.77. The van der Waals surface area contributed by atoms with E-state index in [2.05, 4.69) is 9.97 Å². The molecule has 0 aliphatic rings. The number of aromatic carboxylic acids is 1. The molecule has 2 heterocycles. The van der Waals surface area contributed by atoms with Gasteiger partial charge in [-0.3, -0.25) is 9.78 Å². The topological polar surface area (TPSA) is 102 Å². The van der Waals surface area contributed by atoms with Crippen molar-refractivity contribution >= 4 is 18.1 Å². The van der Waals surface area contributed by atoms with Crippen molar-refractivity contribution in [3.05, 3.63) is 62.7 Å². The van der Waals surface area contributed by atoms with E-state index in [1.807, 2.05) is 19.9 Å². The van der Waals surface area contributed by atoms with Crippen molar-refractivity contribution in [1.82, 2.24) is 9.97 Å². The van der Waals surface area contributed by atoms with Gasteiger partial charge in [-0.25, -0.2) is 4.79 Å². The Morgan fingerprint density at radius 2 is 1.96 bits per heavy atom. The lowest BCUT2D eigenvalue weighted by Gasteiger charge is -2.11. The number of hydrogen-bond donors (Lipinski definition) is 2. The van der Waals surface area contributed by atoms with E-state index < -0.39 is 11.4 Å². The zero-order valence-electron chi connectivity index (χ0n) is 15.7. The van der Waals surface area contributed by atoms with Crippen molar-refractivity contribution in [3.63, 3.8) is 0 Å². The molecule has 7 heteroatoms. The third kappa shape index (κ3) is 4.84. The monoisotopic (exact) mass is 370 g/mol. The fourth-order valence-electron chi connectivity index (χ4n) is 2.42. The standard InChI is InChI=1S/C20H22N2O5/c1-12(2)5-9-15-18(23)17(20(24)25)16(22-19(15)27-4)10-7-13-6-8-14(26-3)11-21-13/h5-8,10-11H,9H2,1-4H3,(H,22,23)(H,24,25)/b10-7+. The summed E-state index contributed by atoms with van der Waals surface area (Å²) in [5.41, 5.74) is 1.11. The highest BCUT2D eigenvalue weighted by Gasteiger charge is 2.20. The van der Waals surface area contributed by atoms with E-state index in [1.165, 1.54) is 13.2 Å². The summed E-state index contributed by atoms with van der Waals surface area (Å²) in [5.74, 6) is -0.457. The molecule has 2 N–H and O–H groups in total. The Morgan fingerprint density at radius 3 is 2.48 bits per heavy atom. The summed E-state index contributed by atoms with van der Waals surface area (Å²) in [5, 5.41) is 9.54. The van der Waals surface area contributed by atoms with Gasteiger partial charge in [0.2, 0.25) is 5.43 Å². The van der Waals surface area contributed by atoms with Gasteiger partial charge in [0.15, 0.2) is 5.88 Å². The Balaban J connectivity index is 2.53. The van der Waals surface area contributed by atoms with Gasteiger partial charge in [-0.2, -0.15) is 0 Å². The SMILES string of the molecule is COc1ccc(/C=C/c2[nH]c(OC)c(CC=C(C)C)c(=O)c2C(=O)O)nc1. The van der Waals surface area contributed by atoms with E-state index in [9.17, 15) is 14.7 Å². The molecule has 0 fully saturated rings. The van der Waals surface area contributed by atoms with Crippen LogP contribution in [0.4, 0.5) is 0 Å². The van der Waals surface area contributed by atoms with E-state index in [1.54, 1.807) is 31.5 Å². The second-order valence-electron chi connectivity index (χ2n) is 6.00. The Bertz CT molecular complexity index is 936. The molecule has 0 unspecified atom stereocenters. The molecule has 0 saturated carbocycles. The van der Waals surface area contributed by atoms with Gasteiger partial charge in [0.1, 0.15) is 11.3 Å². The summed E-state index contributed by atoms with van der Waals surface area (Å²) in [6.45, 7) is 3.80. The lowest BCUT2D eigenvalue weighted by molar-refractivity contribution is 0.0694. The van der Waals surface area contributed by atoms with Gasteiger partial charge in [0.25, 0.3) is 0 Å². The molecule has 2 aromatic rings. The molecule has 0 amide bonds. The first-order valence-electron chi connectivity index (χ1n) is 8.25. The Morgan fingerprint density at radius 1 is 1.22 bits per heavy atom. The van der Waals surface area contributed by atoms with Crippen LogP contribution >= 0.6 is 0 Å². The van der Waals surface area contributed by atoms with Gasteiger partial charge >= 0.3 is 5.97 Å². The molecule has 0 aliphatic heterocycles. The Labute approximate surface area is 157 Å².